The van der Waals surface area contributed by atoms with Crippen LogP contribution in [0.15, 0.2) is 21.3 Å². The van der Waals surface area contributed by atoms with Crippen LogP contribution in [-0.2, 0) is 25.5 Å². The van der Waals surface area contributed by atoms with Crippen molar-refractivity contribution in [3.8, 4) is 11.5 Å². The fourth-order valence-electron chi connectivity index (χ4n) is 2.64. The second kappa shape index (κ2) is 8.48. The Hall–Kier alpha value is -3.16. The predicted octanol–water partition coefficient (Wildman–Crippen LogP) is 2.45. The molecule has 0 aliphatic heterocycles. The highest BCUT2D eigenvalue weighted by atomic mass is 16.6. The predicted molar refractivity (Wildman–Crippen MR) is 94.8 cm³/mol. The lowest BCUT2D eigenvalue weighted by Gasteiger charge is -2.13. The molecule has 0 N–H and O–H groups in total. The quantitative estimate of drug-likeness (QED) is 0.430. The van der Waals surface area contributed by atoms with Crippen LogP contribution in [0.25, 0.3) is 11.0 Å². The van der Waals surface area contributed by atoms with E-state index in [9.17, 15) is 19.2 Å². The summed E-state index contributed by atoms with van der Waals surface area (Å²) in [6, 6.07) is 3.04. The number of carbonyl (C=O) groups is 3. The van der Waals surface area contributed by atoms with Crippen LogP contribution in [0.5, 0.6) is 11.5 Å². The summed E-state index contributed by atoms with van der Waals surface area (Å²) in [6.07, 6.45) is 0.185. The number of carbonyl (C=O) groups excluding carboxylic acids is 3. The highest BCUT2D eigenvalue weighted by molar-refractivity contribution is 5.91. The molecule has 0 spiro atoms. The zero-order valence-corrected chi connectivity index (χ0v) is 15.5. The molecule has 1 heterocycles. The van der Waals surface area contributed by atoms with E-state index in [1.54, 1.807) is 19.9 Å². The number of hydrogen-bond donors (Lipinski definition) is 0. The number of benzene rings is 1. The van der Waals surface area contributed by atoms with Crippen LogP contribution in [0.2, 0.25) is 0 Å². The lowest BCUT2D eigenvalue weighted by atomic mass is 10.0. The van der Waals surface area contributed by atoms with Gasteiger partial charge in [0, 0.05) is 31.2 Å². The lowest BCUT2D eigenvalue weighted by Crippen LogP contribution is -2.15. The van der Waals surface area contributed by atoms with Gasteiger partial charge in [0.25, 0.3) is 0 Å². The van der Waals surface area contributed by atoms with Gasteiger partial charge in [-0.05, 0) is 38.0 Å². The molecule has 0 amide bonds. The van der Waals surface area contributed by atoms with Gasteiger partial charge in [-0.15, -0.1) is 0 Å². The topological polar surface area (TPSA) is 109 Å². The third-order valence-electron chi connectivity index (χ3n) is 3.76. The van der Waals surface area contributed by atoms with Crippen molar-refractivity contribution in [1.82, 2.24) is 0 Å². The lowest BCUT2D eigenvalue weighted by molar-refractivity contribution is -0.143. The smallest absolute Gasteiger partial charge is 0.339 e. The molecule has 0 bridgehead atoms. The van der Waals surface area contributed by atoms with E-state index in [0.29, 0.717) is 16.5 Å². The molecule has 1 aromatic heterocycles. The minimum Gasteiger partial charge on any atom is -0.466 e. The molecule has 0 saturated heterocycles. The fourth-order valence-corrected chi connectivity index (χ4v) is 2.64. The molecule has 2 aromatic rings. The Morgan fingerprint density at radius 1 is 1.07 bits per heavy atom. The van der Waals surface area contributed by atoms with E-state index in [2.05, 4.69) is 0 Å². The molecule has 0 saturated carbocycles. The van der Waals surface area contributed by atoms with Crippen LogP contribution >= 0.6 is 0 Å². The first-order chi connectivity index (χ1) is 12.7. The largest absolute Gasteiger partial charge is 0.466 e. The van der Waals surface area contributed by atoms with Crippen molar-refractivity contribution in [1.29, 1.82) is 0 Å². The summed E-state index contributed by atoms with van der Waals surface area (Å²) >= 11 is 0. The summed E-state index contributed by atoms with van der Waals surface area (Å²) in [5, 5.41) is 0.501. The van der Waals surface area contributed by atoms with E-state index < -0.39 is 23.5 Å². The summed E-state index contributed by atoms with van der Waals surface area (Å²) < 4.78 is 20.4. The van der Waals surface area contributed by atoms with Crippen LogP contribution in [0.3, 0.4) is 0 Å². The Morgan fingerprint density at radius 2 is 1.74 bits per heavy atom. The van der Waals surface area contributed by atoms with Crippen LogP contribution in [0.1, 0.15) is 38.3 Å². The summed E-state index contributed by atoms with van der Waals surface area (Å²) in [5.74, 6) is -1.88. The average molecular weight is 376 g/mol. The number of hydrogen-bond acceptors (Lipinski definition) is 8. The molecule has 27 heavy (non-hydrogen) atoms. The van der Waals surface area contributed by atoms with E-state index >= 15 is 0 Å². The van der Waals surface area contributed by atoms with Gasteiger partial charge >= 0.3 is 23.5 Å². The van der Waals surface area contributed by atoms with E-state index in [1.165, 1.54) is 19.9 Å². The van der Waals surface area contributed by atoms with Crippen molar-refractivity contribution in [2.24, 2.45) is 0 Å². The van der Waals surface area contributed by atoms with Crippen LogP contribution in [-0.4, -0.2) is 24.5 Å². The number of fused-ring (bicyclic) bond motifs is 1. The summed E-state index contributed by atoms with van der Waals surface area (Å²) in [7, 11) is 0. The van der Waals surface area contributed by atoms with E-state index in [4.69, 9.17) is 18.6 Å². The summed E-state index contributed by atoms with van der Waals surface area (Å²) in [6.45, 7) is 6.03. The minimum atomic E-state index is -0.669. The van der Waals surface area contributed by atoms with Crippen molar-refractivity contribution in [2.45, 2.75) is 40.5 Å². The number of ether oxygens (including phenoxy) is 3. The van der Waals surface area contributed by atoms with Crippen LogP contribution in [0.4, 0.5) is 0 Å². The molecule has 1 aromatic carbocycles. The minimum absolute atomic E-state index is 0.00802. The second-order valence-electron chi connectivity index (χ2n) is 5.75. The zero-order valence-electron chi connectivity index (χ0n) is 15.5. The van der Waals surface area contributed by atoms with E-state index in [0.717, 1.165) is 0 Å². The van der Waals surface area contributed by atoms with E-state index in [1.807, 2.05) is 0 Å². The Labute approximate surface area is 155 Å². The number of aryl methyl sites for hydroxylation is 1. The van der Waals surface area contributed by atoms with Crippen molar-refractivity contribution in [2.75, 3.05) is 6.61 Å². The molecule has 0 radical (unpaired) electrons. The zero-order chi connectivity index (χ0) is 20.1. The molecule has 0 aliphatic rings. The molecule has 8 nitrogen and oxygen atoms in total. The van der Waals surface area contributed by atoms with Crippen molar-refractivity contribution < 1.29 is 33.0 Å². The molecule has 0 unspecified atom stereocenters. The van der Waals surface area contributed by atoms with Crippen molar-refractivity contribution >= 4 is 28.9 Å². The van der Waals surface area contributed by atoms with Gasteiger partial charge in [0.15, 0.2) is 11.3 Å². The molecular weight excluding hydrogens is 356 g/mol. The highest BCUT2D eigenvalue weighted by Gasteiger charge is 2.21. The maximum atomic E-state index is 12.4. The Kier molecular flexibility index (Phi) is 6.33. The number of rotatable bonds is 6. The second-order valence-corrected chi connectivity index (χ2v) is 5.75. The third-order valence-corrected chi connectivity index (χ3v) is 3.76. The standard InChI is InChI=1S/C19H20O8/c1-5-24-16(22)9-7-14-10(2)13-6-8-15(25-11(3)20)18(26-12(4)21)17(13)27-19(14)23/h6,8H,5,7,9H2,1-4H3. The van der Waals surface area contributed by atoms with Gasteiger partial charge in [-0.3, -0.25) is 14.4 Å². The summed E-state index contributed by atoms with van der Waals surface area (Å²) in [5.41, 5.74) is 0.224. The van der Waals surface area contributed by atoms with Gasteiger partial charge in [-0.2, -0.15) is 0 Å². The van der Waals surface area contributed by atoms with Gasteiger partial charge < -0.3 is 18.6 Å². The maximum absolute atomic E-state index is 12.4. The normalized spacial score (nSPS) is 10.5. The van der Waals surface area contributed by atoms with Gasteiger partial charge in [0.05, 0.1) is 6.61 Å². The Bertz CT molecular complexity index is 954. The monoisotopic (exact) mass is 376 g/mol. The first kappa shape index (κ1) is 20.2. The first-order valence-corrected chi connectivity index (χ1v) is 8.36. The molecule has 2 rings (SSSR count). The van der Waals surface area contributed by atoms with E-state index in [-0.39, 0.29) is 36.5 Å². The Morgan fingerprint density at radius 3 is 2.33 bits per heavy atom. The third kappa shape index (κ3) is 4.72. The van der Waals surface area contributed by atoms with Gasteiger partial charge in [-0.1, -0.05) is 0 Å². The van der Waals surface area contributed by atoms with Gasteiger partial charge in [-0.25, -0.2) is 4.79 Å². The van der Waals surface area contributed by atoms with Crippen molar-refractivity contribution in [3.05, 3.63) is 33.7 Å². The fraction of sp³-hybridized carbons (Fsp3) is 0.368. The average Bonchev–Trinajstić information content (AvgIpc) is 2.56. The van der Waals surface area contributed by atoms with Gasteiger partial charge in [0.2, 0.25) is 5.75 Å². The first-order valence-electron chi connectivity index (χ1n) is 8.36. The molecule has 0 atom stereocenters. The highest BCUT2D eigenvalue weighted by Crippen LogP contribution is 2.37. The molecule has 0 aliphatic carbocycles. The van der Waals surface area contributed by atoms with Crippen LogP contribution in [0, 0.1) is 6.92 Å². The summed E-state index contributed by atoms with van der Waals surface area (Å²) in [4.78, 5) is 46.7. The van der Waals surface area contributed by atoms with Crippen LogP contribution < -0.4 is 15.1 Å². The maximum Gasteiger partial charge on any atom is 0.339 e. The van der Waals surface area contributed by atoms with Crippen molar-refractivity contribution in [3.63, 3.8) is 0 Å². The molecule has 0 fully saturated rings. The SMILES string of the molecule is CCOC(=O)CCc1c(C)c2ccc(OC(C)=O)c(OC(C)=O)c2oc1=O. The molecule has 144 valence electrons. The Balaban J connectivity index is 2.57. The number of esters is 3. The molecular formula is C19H20O8. The van der Waals surface area contributed by atoms with Gasteiger partial charge in [0.1, 0.15) is 0 Å². The molecule has 8 heteroatoms.